The molecule has 0 spiro atoms. The van der Waals surface area contributed by atoms with Crippen molar-refractivity contribution in [3.8, 4) is 22.8 Å². The van der Waals surface area contributed by atoms with Crippen molar-refractivity contribution >= 4 is 45.8 Å². The minimum atomic E-state index is -0.471. The number of carbonyl (C=O) groups excluding carboxylic acids is 1. The van der Waals surface area contributed by atoms with Crippen molar-refractivity contribution < 1.29 is 18.7 Å². The first-order valence-electron chi connectivity index (χ1n) is 9.54. The van der Waals surface area contributed by atoms with E-state index < -0.39 is 12.5 Å². The van der Waals surface area contributed by atoms with Gasteiger partial charge in [-0.2, -0.15) is 0 Å². The quantitative estimate of drug-likeness (QED) is 0.386. The van der Waals surface area contributed by atoms with E-state index >= 15 is 0 Å². The smallest absolute Gasteiger partial charge is 0.262 e. The van der Waals surface area contributed by atoms with Crippen molar-refractivity contribution in [2.75, 3.05) is 19.0 Å². The molecule has 0 fully saturated rings. The molecule has 3 aromatic carbocycles. The molecule has 0 radical (unpaired) electrons. The van der Waals surface area contributed by atoms with Gasteiger partial charge in [-0.1, -0.05) is 35.3 Å². The average molecular weight is 470 g/mol. The van der Waals surface area contributed by atoms with Crippen molar-refractivity contribution in [2.24, 2.45) is 0 Å². The number of amides is 1. The lowest BCUT2D eigenvalue weighted by Crippen LogP contribution is -2.22. The zero-order valence-corrected chi connectivity index (χ0v) is 18.4. The molecule has 1 aromatic heterocycles. The number of nitrogens with one attached hydrogen (secondary N) is 1. The number of fused-ring (bicyclic) bond motifs is 1. The summed E-state index contributed by atoms with van der Waals surface area (Å²) in [5.41, 5.74) is 1.09. The number of halogens is 2. The number of para-hydroxylation sites is 1. The fourth-order valence-corrected chi connectivity index (χ4v) is 3.51. The van der Waals surface area contributed by atoms with Gasteiger partial charge in [-0.25, -0.2) is 0 Å². The fraction of sp³-hybridized carbons (Fsp3) is 0.0833. The van der Waals surface area contributed by atoms with Crippen LogP contribution in [0.4, 0.5) is 5.69 Å². The predicted octanol–water partition coefficient (Wildman–Crippen LogP) is 5.79. The van der Waals surface area contributed by atoms with Crippen molar-refractivity contribution in [3.05, 3.63) is 87.0 Å². The van der Waals surface area contributed by atoms with Gasteiger partial charge in [0.2, 0.25) is 11.2 Å². The van der Waals surface area contributed by atoms with E-state index in [0.29, 0.717) is 38.0 Å². The van der Waals surface area contributed by atoms with Crippen LogP contribution < -0.4 is 20.2 Å². The van der Waals surface area contributed by atoms with E-state index in [4.69, 9.17) is 37.1 Å². The second-order valence-corrected chi connectivity index (χ2v) is 7.62. The lowest BCUT2D eigenvalue weighted by Gasteiger charge is -2.12. The number of hydrogen-bond acceptors (Lipinski definition) is 5. The molecular formula is C24H17Cl2NO5. The SMILES string of the molecule is COc1ccc(NC(=O)COc2c(-c3ccc(Cl)cc3)oc3ccccc3c2=O)cc1Cl. The second kappa shape index (κ2) is 9.34. The topological polar surface area (TPSA) is 77.8 Å². The molecule has 0 aliphatic carbocycles. The lowest BCUT2D eigenvalue weighted by atomic mass is 10.1. The Balaban J connectivity index is 1.63. The third-order valence-corrected chi connectivity index (χ3v) is 5.19. The number of rotatable bonds is 6. The standard InChI is InChI=1S/C24H17Cl2NO5/c1-30-20-11-10-16(12-18(20)26)27-21(28)13-31-24-22(29)17-4-2-3-5-19(17)32-23(24)14-6-8-15(25)9-7-14/h2-12H,13H2,1H3,(H,27,28). The minimum absolute atomic E-state index is 0.0612. The summed E-state index contributed by atoms with van der Waals surface area (Å²) in [5, 5.41) is 3.92. The van der Waals surface area contributed by atoms with Crippen LogP contribution in [0.15, 0.2) is 75.9 Å². The van der Waals surface area contributed by atoms with Crippen molar-refractivity contribution in [1.29, 1.82) is 0 Å². The molecule has 8 heteroatoms. The van der Waals surface area contributed by atoms with Gasteiger partial charge in [-0.15, -0.1) is 0 Å². The molecule has 0 atom stereocenters. The van der Waals surface area contributed by atoms with Gasteiger partial charge in [-0.3, -0.25) is 9.59 Å². The van der Waals surface area contributed by atoms with E-state index in [1.165, 1.54) is 7.11 Å². The Kier molecular flexibility index (Phi) is 6.35. The normalized spacial score (nSPS) is 10.7. The molecule has 4 rings (SSSR count). The van der Waals surface area contributed by atoms with Crippen LogP contribution in [0.25, 0.3) is 22.3 Å². The summed E-state index contributed by atoms with van der Waals surface area (Å²) in [5.74, 6) is 0.169. The van der Waals surface area contributed by atoms with Gasteiger partial charge in [0.15, 0.2) is 12.4 Å². The largest absolute Gasteiger partial charge is 0.495 e. The maximum Gasteiger partial charge on any atom is 0.262 e. The highest BCUT2D eigenvalue weighted by molar-refractivity contribution is 6.32. The van der Waals surface area contributed by atoms with Crippen LogP contribution in [0.1, 0.15) is 0 Å². The van der Waals surface area contributed by atoms with Crippen LogP contribution in [-0.4, -0.2) is 19.6 Å². The molecule has 0 aliphatic heterocycles. The second-order valence-electron chi connectivity index (χ2n) is 6.78. The number of benzene rings is 3. The predicted molar refractivity (Wildman–Crippen MR) is 125 cm³/mol. The number of anilines is 1. The zero-order chi connectivity index (χ0) is 22.7. The third-order valence-electron chi connectivity index (χ3n) is 4.65. The van der Waals surface area contributed by atoms with Crippen LogP contribution in [0.3, 0.4) is 0 Å². The Morgan fingerprint density at radius 2 is 1.78 bits per heavy atom. The Morgan fingerprint density at radius 3 is 2.50 bits per heavy atom. The first kappa shape index (κ1) is 21.7. The summed E-state index contributed by atoms with van der Waals surface area (Å²) in [4.78, 5) is 25.6. The maximum atomic E-state index is 13.1. The molecule has 4 aromatic rings. The van der Waals surface area contributed by atoms with E-state index in [9.17, 15) is 9.59 Å². The summed E-state index contributed by atoms with van der Waals surface area (Å²) in [6.07, 6.45) is 0. The molecule has 32 heavy (non-hydrogen) atoms. The summed E-state index contributed by atoms with van der Waals surface area (Å²) in [6.45, 7) is -0.409. The first-order valence-corrected chi connectivity index (χ1v) is 10.3. The number of carbonyl (C=O) groups is 1. The van der Waals surface area contributed by atoms with Crippen molar-refractivity contribution in [3.63, 3.8) is 0 Å². The monoisotopic (exact) mass is 469 g/mol. The van der Waals surface area contributed by atoms with Crippen molar-refractivity contribution in [2.45, 2.75) is 0 Å². The van der Waals surface area contributed by atoms with E-state index in [2.05, 4.69) is 5.32 Å². The summed E-state index contributed by atoms with van der Waals surface area (Å²) >= 11 is 12.1. The minimum Gasteiger partial charge on any atom is -0.495 e. The highest BCUT2D eigenvalue weighted by atomic mass is 35.5. The molecule has 0 bridgehead atoms. The molecule has 1 heterocycles. The van der Waals surface area contributed by atoms with Gasteiger partial charge in [0, 0.05) is 16.3 Å². The molecule has 0 unspecified atom stereocenters. The van der Waals surface area contributed by atoms with Gasteiger partial charge in [0.1, 0.15) is 11.3 Å². The highest BCUT2D eigenvalue weighted by Crippen LogP contribution is 2.32. The summed E-state index contributed by atoms with van der Waals surface area (Å²) in [6, 6.07) is 18.4. The fourth-order valence-electron chi connectivity index (χ4n) is 3.13. The molecule has 6 nitrogen and oxygen atoms in total. The van der Waals surface area contributed by atoms with E-state index in [-0.39, 0.29) is 16.9 Å². The lowest BCUT2D eigenvalue weighted by molar-refractivity contribution is -0.118. The summed E-state index contributed by atoms with van der Waals surface area (Å²) in [7, 11) is 1.50. The van der Waals surface area contributed by atoms with E-state index in [1.807, 2.05) is 0 Å². The molecule has 0 saturated carbocycles. The molecule has 0 saturated heterocycles. The molecule has 1 N–H and O–H groups in total. The molecule has 1 amide bonds. The number of ether oxygens (including phenoxy) is 2. The van der Waals surface area contributed by atoms with Crippen LogP contribution >= 0.6 is 23.2 Å². The van der Waals surface area contributed by atoms with Crippen LogP contribution in [0.2, 0.25) is 10.0 Å². The van der Waals surface area contributed by atoms with Gasteiger partial charge in [0.25, 0.3) is 5.91 Å². The van der Waals surface area contributed by atoms with Gasteiger partial charge >= 0.3 is 0 Å². The Hall–Kier alpha value is -3.48. The van der Waals surface area contributed by atoms with Crippen molar-refractivity contribution in [1.82, 2.24) is 0 Å². The Labute approximate surface area is 193 Å². The average Bonchev–Trinajstić information content (AvgIpc) is 2.79. The van der Waals surface area contributed by atoms with Gasteiger partial charge in [-0.05, 0) is 54.6 Å². The van der Waals surface area contributed by atoms with Gasteiger partial charge in [0.05, 0.1) is 17.5 Å². The third kappa shape index (κ3) is 4.56. The van der Waals surface area contributed by atoms with Crippen LogP contribution in [0.5, 0.6) is 11.5 Å². The van der Waals surface area contributed by atoms with E-state index in [0.717, 1.165) is 0 Å². The zero-order valence-electron chi connectivity index (χ0n) is 16.9. The number of methoxy groups -OCH3 is 1. The van der Waals surface area contributed by atoms with E-state index in [1.54, 1.807) is 66.7 Å². The maximum absolute atomic E-state index is 13.1. The Bertz CT molecular complexity index is 1350. The molecular weight excluding hydrogens is 453 g/mol. The highest BCUT2D eigenvalue weighted by Gasteiger charge is 2.19. The first-order chi connectivity index (χ1) is 15.5. The summed E-state index contributed by atoms with van der Waals surface area (Å²) < 4.78 is 16.7. The Morgan fingerprint density at radius 1 is 1.03 bits per heavy atom. The molecule has 0 aliphatic rings. The van der Waals surface area contributed by atoms with Crippen LogP contribution in [-0.2, 0) is 4.79 Å². The number of hydrogen-bond donors (Lipinski definition) is 1. The molecule has 162 valence electrons. The van der Waals surface area contributed by atoms with Gasteiger partial charge < -0.3 is 19.2 Å². The van der Waals surface area contributed by atoms with Crippen LogP contribution in [0, 0.1) is 0 Å².